The summed E-state index contributed by atoms with van der Waals surface area (Å²) in [6.07, 6.45) is -1.08. The van der Waals surface area contributed by atoms with Gasteiger partial charge in [0.25, 0.3) is 0 Å². The lowest BCUT2D eigenvalue weighted by Gasteiger charge is -2.20. The quantitative estimate of drug-likeness (QED) is 0.539. The first kappa shape index (κ1) is 17.8. The topological polar surface area (TPSA) is 123 Å². The van der Waals surface area contributed by atoms with Gasteiger partial charge in [0.15, 0.2) is 18.5 Å². The molecule has 0 amide bonds. The number of hydrogen-bond acceptors (Lipinski definition) is 7. The molecule has 1 aliphatic rings. The number of esters is 2. The summed E-state index contributed by atoms with van der Waals surface area (Å²) in [5.74, 6) is -2.38. The van der Waals surface area contributed by atoms with E-state index in [-0.39, 0.29) is 5.56 Å². The monoisotopic (exact) mass is 340 g/mol. The van der Waals surface area contributed by atoms with E-state index in [2.05, 4.69) is 0 Å². The zero-order chi connectivity index (χ0) is 17.9. The van der Waals surface area contributed by atoms with Gasteiger partial charge in [0.1, 0.15) is 11.7 Å². The largest absolute Gasteiger partial charge is 0.477 e. The Labute approximate surface area is 137 Å². The van der Waals surface area contributed by atoms with Crippen LogP contribution in [0.25, 0.3) is 0 Å². The molecule has 0 radical (unpaired) electrons. The molecule has 4 atom stereocenters. The van der Waals surface area contributed by atoms with Crippen LogP contribution >= 0.6 is 0 Å². The summed E-state index contributed by atoms with van der Waals surface area (Å²) < 4.78 is 17.3. The molecule has 0 aromatic carbocycles. The lowest BCUT2D eigenvalue weighted by Crippen LogP contribution is -2.48. The molecule has 0 saturated carbocycles. The minimum atomic E-state index is -1.14. The highest BCUT2D eigenvalue weighted by Crippen LogP contribution is 2.30. The number of carbonyl (C=O) groups excluding carboxylic acids is 2. The Kier molecular flexibility index (Phi) is 5.47. The number of pyridine rings is 1. The normalized spacial score (nSPS) is 26.0. The van der Waals surface area contributed by atoms with Gasteiger partial charge in [0.05, 0.1) is 6.61 Å². The van der Waals surface area contributed by atoms with Gasteiger partial charge in [0, 0.05) is 19.9 Å². The van der Waals surface area contributed by atoms with E-state index in [1.807, 2.05) is 0 Å². The second-order valence-corrected chi connectivity index (χ2v) is 5.24. The molecule has 2 rings (SSSR count). The number of rotatable bonds is 5. The maximum atomic E-state index is 11.4. The highest BCUT2D eigenvalue weighted by Gasteiger charge is 2.54. The van der Waals surface area contributed by atoms with Gasteiger partial charge in [-0.2, -0.15) is 4.57 Å². The van der Waals surface area contributed by atoms with Crippen LogP contribution in [-0.2, 0) is 23.8 Å². The molecular formula is C15H18NO8+. The Balaban J connectivity index is 2.38. The molecule has 9 nitrogen and oxygen atoms in total. The summed E-state index contributed by atoms with van der Waals surface area (Å²) in [5, 5.41) is 18.5. The van der Waals surface area contributed by atoms with Crippen LogP contribution in [0.3, 0.4) is 0 Å². The van der Waals surface area contributed by atoms with Crippen LogP contribution in [0.5, 0.6) is 0 Å². The minimum absolute atomic E-state index is 0.000778. The van der Waals surface area contributed by atoms with E-state index in [1.165, 1.54) is 42.9 Å². The van der Waals surface area contributed by atoms with Gasteiger partial charge < -0.3 is 24.4 Å². The lowest BCUT2D eigenvalue weighted by atomic mass is 10.1. The van der Waals surface area contributed by atoms with E-state index in [9.17, 15) is 19.5 Å². The Morgan fingerprint density at radius 2 is 1.83 bits per heavy atom. The van der Waals surface area contributed by atoms with Crippen molar-refractivity contribution >= 4 is 17.9 Å². The Morgan fingerprint density at radius 3 is 2.38 bits per heavy atom. The van der Waals surface area contributed by atoms with Gasteiger partial charge in [-0.3, -0.25) is 9.59 Å². The van der Waals surface area contributed by atoms with Crippen molar-refractivity contribution in [2.24, 2.45) is 0 Å². The van der Waals surface area contributed by atoms with E-state index in [0.29, 0.717) is 0 Å². The molecule has 9 heteroatoms. The molecule has 1 aromatic rings. The smallest absolute Gasteiger partial charge is 0.341 e. The minimum Gasteiger partial charge on any atom is -0.477 e. The van der Waals surface area contributed by atoms with Crippen molar-refractivity contribution in [3.8, 4) is 0 Å². The van der Waals surface area contributed by atoms with Crippen molar-refractivity contribution in [2.75, 3.05) is 6.61 Å². The molecule has 1 saturated heterocycles. The van der Waals surface area contributed by atoms with Crippen LogP contribution in [0.2, 0.25) is 0 Å². The van der Waals surface area contributed by atoms with Crippen molar-refractivity contribution in [1.29, 1.82) is 0 Å². The molecule has 130 valence electrons. The first-order valence-electron chi connectivity index (χ1n) is 7.18. The second kappa shape index (κ2) is 7.37. The maximum Gasteiger partial charge on any atom is 0.341 e. The summed E-state index contributed by atoms with van der Waals surface area (Å²) in [7, 11) is 0. The zero-order valence-corrected chi connectivity index (χ0v) is 13.1. The molecule has 0 bridgehead atoms. The van der Waals surface area contributed by atoms with Gasteiger partial charge in [-0.1, -0.05) is 0 Å². The number of aliphatic hydroxyl groups is 1. The molecule has 1 aromatic heterocycles. The highest BCUT2D eigenvalue weighted by molar-refractivity contribution is 5.86. The fourth-order valence-electron chi connectivity index (χ4n) is 2.52. The number of aromatic nitrogens is 1. The number of ether oxygens (including phenoxy) is 3. The molecule has 0 unspecified atom stereocenters. The third-order valence-electron chi connectivity index (χ3n) is 3.43. The number of carbonyl (C=O) groups is 3. The molecule has 1 fully saturated rings. The van der Waals surface area contributed by atoms with Crippen molar-refractivity contribution < 1.29 is 43.4 Å². The first-order chi connectivity index (χ1) is 11.3. The van der Waals surface area contributed by atoms with Crippen LogP contribution in [0.4, 0.5) is 0 Å². The van der Waals surface area contributed by atoms with E-state index in [1.54, 1.807) is 0 Å². The van der Waals surface area contributed by atoms with Gasteiger partial charge in [0.2, 0.25) is 6.10 Å². The van der Waals surface area contributed by atoms with Gasteiger partial charge in [-0.25, -0.2) is 4.79 Å². The number of nitrogens with zero attached hydrogens (tertiary/aromatic N) is 1. The number of carboxylic acid groups (broad SMARTS) is 1. The van der Waals surface area contributed by atoms with Gasteiger partial charge in [-0.15, -0.1) is 0 Å². The standard InChI is InChI=1S/C15H17NO8/c1-8(18)22-12-11(7-17)24-14(13(12)23-9(2)19)16-5-3-4-10(6-16)15(20)21/h3-6,11-14,17H,7H2,1-2H3/p+1/t11-,12-,13-,14-/m1/s1. The van der Waals surface area contributed by atoms with Crippen LogP contribution in [-0.4, -0.2) is 53.0 Å². The van der Waals surface area contributed by atoms with Crippen LogP contribution in [0.15, 0.2) is 24.5 Å². The number of carboxylic acids is 1. The Morgan fingerprint density at radius 1 is 1.21 bits per heavy atom. The Hall–Kier alpha value is -2.52. The van der Waals surface area contributed by atoms with Crippen molar-refractivity contribution in [3.63, 3.8) is 0 Å². The summed E-state index contributed by atoms with van der Waals surface area (Å²) in [5.41, 5.74) is -0.000778. The predicted octanol–water partition coefficient (Wildman–Crippen LogP) is -0.575. The summed E-state index contributed by atoms with van der Waals surface area (Å²) in [4.78, 5) is 33.8. The summed E-state index contributed by atoms with van der Waals surface area (Å²) >= 11 is 0. The molecular weight excluding hydrogens is 322 g/mol. The molecule has 0 spiro atoms. The first-order valence-corrected chi connectivity index (χ1v) is 7.18. The molecule has 2 heterocycles. The molecule has 2 N–H and O–H groups in total. The fraction of sp³-hybridized carbons (Fsp3) is 0.467. The van der Waals surface area contributed by atoms with Crippen molar-refractivity contribution in [1.82, 2.24) is 0 Å². The average Bonchev–Trinajstić information content (AvgIpc) is 2.84. The lowest BCUT2D eigenvalue weighted by molar-refractivity contribution is -0.765. The van der Waals surface area contributed by atoms with Gasteiger partial charge in [-0.05, 0) is 6.07 Å². The SMILES string of the molecule is CC(=O)O[C@@H]1[C@H](OC(C)=O)[C@@H](CO)O[C@H]1[n+]1cccc(C(=O)O)c1. The van der Waals surface area contributed by atoms with Gasteiger partial charge >= 0.3 is 24.1 Å². The number of aromatic carboxylic acids is 1. The van der Waals surface area contributed by atoms with E-state index < -0.39 is 49.1 Å². The number of aliphatic hydroxyl groups excluding tert-OH is 1. The molecule has 1 aliphatic heterocycles. The summed E-state index contributed by atoms with van der Waals surface area (Å²) in [6.45, 7) is 1.91. The third-order valence-corrected chi connectivity index (χ3v) is 3.43. The van der Waals surface area contributed by atoms with Crippen LogP contribution in [0.1, 0.15) is 30.4 Å². The predicted molar refractivity (Wildman–Crippen MR) is 75.7 cm³/mol. The second-order valence-electron chi connectivity index (χ2n) is 5.24. The summed E-state index contributed by atoms with van der Waals surface area (Å²) in [6, 6.07) is 2.88. The number of hydrogen-bond donors (Lipinski definition) is 2. The van der Waals surface area contributed by atoms with Crippen LogP contribution in [0, 0.1) is 0 Å². The van der Waals surface area contributed by atoms with E-state index >= 15 is 0 Å². The van der Waals surface area contributed by atoms with Crippen molar-refractivity contribution in [2.45, 2.75) is 38.4 Å². The van der Waals surface area contributed by atoms with E-state index in [4.69, 9.17) is 19.3 Å². The van der Waals surface area contributed by atoms with E-state index in [0.717, 1.165) is 0 Å². The molecule has 24 heavy (non-hydrogen) atoms. The third kappa shape index (κ3) is 3.87. The average molecular weight is 340 g/mol. The molecule has 0 aliphatic carbocycles. The fourth-order valence-corrected chi connectivity index (χ4v) is 2.52. The van der Waals surface area contributed by atoms with Crippen molar-refractivity contribution in [3.05, 3.63) is 30.1 Å². The van der Waals surface area contributed by atoms with Crippen LogP contribution < -0.4 is 4.57 Å². The highest BCUT2D eigenvalue weighted by atomic mass is 16.6. The Bertz CT molecular complexity index is 646. The maximum absolute atomic E-state index is 11.4. The zero-order valence-electron chi connectivity index (χ0n) is 13.1.